The van der Waals surface area contributed by atoms with E-state index in [0.29, 0.717) is 15.7 Å². The van der Waals surface area contributed by atoms with Crippen LogP contribution in [-0.2, 0) is 4.79 Å². The molecule has 2 aromatic rings. The molecule has 3 atom stereocenters. The molecule has 24 heavy (non-hydrogen) atoms. The van der Waals surface area contributed by atoms with Crippen molar-refractivity contribution in [3.8, 4) is 5.75 Å². The lowest BCUT2D eigenvalue weighted by Gasteiger charge is -2.34. The normalized spacial score (nSPS) is 23.6. The van der Waals surface area contributed by atoms with Crippen LogP contribution in [-0.4, -0.2) is 23.2 Å². The first kappa shape index (κ1) is 15.6. The van der Waals surface area contributed by atoms with Gasteiger partial charge >= 0.3 is 5.97 Å². The number of carboxylic acid groups (broad SMARTS) is 1. The SMILES string of the molecule is Cc1cc(C)c2c(c1)OC1C(C(=O)O)Nc3cc(Cl)cc(Cl)c3C21. The topological polar surface area (TPSA) is 58.6 Å². The lowest BCUT2D eigenvalue weighted by atomic mass is 9.79. The zero-order valence-electron chi connectivity index (χ0n) is 13.1. The molecule has 4 rings (SSSR count). The average Bonchev–Trinajstić information content (AvgIpc) is 2.84. The van der Waals surface area contributed by atoms with E-state index in [-0.39, 0.29) is 5.92 Å². The van der Waals surface area contributed by atoms with E-state index >= 15 is 0 Å². The van der Waals surface area contributed by atoms with Gasteiger partial charge in [0.25, 0.3) is 0 Å². The number of rotatable bonds is 1. The van der Waals surface area contributed by atoms with Crippen LogP contribution >= 0.6 is 23.2 Å². The highest BCUT2D eigenvalue weighted by Gasteiger charge is 2.49. The zero-order chi connectivity index (χ0) is 17.2. The minimum Gasteiger partial charge on any atom is -0.486 e. The Kier molecular flexibility index (Phi) is 3.44. The third-order valence-electron chi connectivity index (χ3n) is 4.71. The number of aliphatic carboxylic acids is 1. The molecular formula is C18H15Cl2NO3. The van der Waals surface area contributed by atoms with Crippen LogP contribution in [0.5, 0.6) is 5.75 Å². The van der Waals surface area contributed by atoms with Crippen molar-refractivity contribution < 1.29 is 14.6 Å². The van der Waals surface area contributed by atoms with Crippen LogP contribution in [0, 0.1) is 13.8 Å². The maximum Gasteiger partial charge on any atom is 0.330 e. The monoisotopic (exact) mass is 363 g/mol. The van der Waals surface area contributed by atoms with Gasteiger partial charge in [0.05, 0.1) is 5.92 Å². The van der Waals surface area contributed by atoms with E-state index in [1.165, 1.54) is 0 Å². The van der Waals surface area contributed by atoms with Crippen molar-refractivity contribution in [2.75, 3.05) is 5.32 Å². The van der Waals surface area contributed by atoms with Gasteiger partial charge in [-0.1, -0.05) is 29.3 Å². The second kappa shape index (κ2) is 5.30. The molecule has 2 aliphatic heterocycles. The Labute approximate surface area is 149 Å². The number of carbonyl (C=O) groups is 1. The van der Waals surface area contributed by atoms with Crippen LogP contribution in [0.3, 0.4) is 0 Å². The largest absolute Gasteiger partial charge is 0.486 e. The third kappa shape index (κ3) is 2.17. The predicted molar refractivity (Wildman–Crippen MR) is 93.7 cm³/mol. The number of fused-ring (bicyclic) bond motifs is 5. The molecule has 2 heterocycles. The van der Waals surface area contributed by atoms with Gasteiger partial charge in [-0.25, -0.2) is 4.79 Å². The van der Waals surface area contributed by atoms with E-state index in [0.717, 1.165) is 28.0 Å². The van der Waals surface area contributed by atoms with Crippen molar-refractivity contribution in [2.24, 2.45) is 0 Å². The first-order chi connectivity index (χ1) is 11.4. The van der Waals surface area contributed by atoms with Crippen molar-refractivity contribution in [1.82, 2.24) is 0 Å². The van der Waals surface area contributed by atoms with Crippen LogP contribution < -0.4 is 10.1 Å². The summed E-state index contributed by atoms with van der Waals surface area (Å²) >= 11 is 12.6. The molecule has 0 bridgehead atoms. The molecule has 2 N–H and O–H groups in total. The van der Waals surface area contributed by atoms with Gasteiger partial charge in [-0.05, 0) is 43.2 Å². The van der Waals surface area contributed by atoms with Crippen LogP contribution in [0.25, 0.3) is 0 Å². The van der Waals surface area contributed by atoms with Gasteiger partial charge in [-0.2, -0.15) is 0 Å². The summed E-state index contributed by atoms with van der Waals surface area (Å²) in [6.07, 6.45) is -0.552. The summed E-state index contributed by atoms with van der Waals surface area (Å²) in [7, 11) is 0. The fourth-order valence-corrected chi connectivity index (χ4v) is 4.47. The number of halogens is 2. The number of hydrogen-bond acceptors (Lipinski definition) is 3. The molecule has 0 fully saturated rings. The van der Waals surface area contributed by atoms with Crippen molar-refractivity contribution in [2.45, 2.75) is 31.9 Å². The summed E-state index contributed by atoms with van der Waals surface area (Å²) in [5.41, 5.74) is 4.64. The third-order valence-corrected chi connectivity index (χ3v) is 5.24. The standard InChI is InChI=1S/C18H15Cl2NO3/c1-7-3-8(2)13-12(4-7)24-17-15(13)14-10(20)5-9(19)6-11(14)21-16(17)18(22)23/h3-6,15-17,21H,1-2H3,(H,22,23). The van der Waals surface area contributed by atoms with E-state index in [2.05, 4.69) is 11.4 Å². The highest BCUT2D eigenvalue weighted by atomic mass is 35.5. The molecule has 2 aliphatic rings. The molecule has 4 nitrogen and oxygen atoms in total. The van der Waals surface area contributed by atoms with E-state index in [1.807, 2.05) is 19.9 Å². The predicted octanol–water partition coefficient (Wildman–Crippen LogP) is 4.38. The number of hydrogen-bond donors (Lipinski definition) is 2. The number of carboxylic acids is 1. The molecule has 0 saturated carbocycles. The second-order valence-corrected chi connectivity index (χ2v) is 7.21. The van der Waals surface area contributed by atoms with Crippen molar-refractivity contribution in [3.63, 3.8) is 0 Å². The summed E-state index contributed by atoms with van der Waals surface area (Å²) in [6, 6.07) is 6.55. The minimum absolute atomic E-state index is 0.234. The lowest BCUT2D eigenvalue weighted by molar-refractivity contribution is -0.140. The molecule has 0 aromatic heterocycles. The molecule has 3 unspecified atom stereocenters. The quantitative estimate of drug-likeness (QED) is 0.788. The lowest BCUT2D eigenvalue weighted by Crippen LogP contribution is -2.48. The number of anilines is 1. The average molecular weight is 364 g/mol. The first-order valence-corrected chi connectivity index (χ1v) is 8.38. The Morgan fingerprint density at radius 2 is 1.92 bits per heavy atom. The fourth-order valence-electron chi connectivity index (χ4n) is 3.86. The van der Waals surface area contributed by atoms with E-state index in [1.54, 1.807) is 12.1 Å². The molecule has 124 valence electrons. The van der Waals surface area contributed by atoms with E-state index in [4.69, 9.17) is 27.9 Å². The molecule has 2 aromatic carbocycles. The number of benzene rings is 2. The first-order valence-electron chi connectivity index (χ1n) is 7.63. The molecule has 6 heteroatoms. The zero-order valence-corrected chi connectivity index (χ0v) is 14.6. The molecule has 0 amide bonds. The maximum atomic E-state index is 11.8. The number of ether oxygens (including phenoxy) is 1. The molecule has 0 radical (unpaired) electrons. The van der Waals surface area contributed by atoms with Gasteiger partial charge in [-0.3, -0.25) is 0 Å². The van der Waals surface area contributed by atoms with E-state index < -0.39 is 18.1 Å². The summed E-state index contributed by atoms with van der Waals surface area (Å²) in [6.45, 7) is 4.01. The highest BCUT2D eigenvalue weighted by Crippen LogP contribution is 2.52. The smallest absolute Gasteiger partial charge is 0.330 e. The number of nitrogens with one attached hydrogen (secondary N) is 1. The Balaban J connectivity index is 1.99. The molecule has 0 saturated heterocycles. The van der Waals surface area contributed by atoms with Crippen LogP contribution in [0.1, 0.15) is 28.2 Å². The van der Waals surface area contributed by atoms with Gasteiger partial charge in [-0.15, -0.1) is 0 Å². The van der Waals surface area contributed by atoms with Gasteiger partial charge in [0, 0.05) is 26.9 Å². The summed E-state index contributed by atoms with van der Waals surface area (Å²) < 4.78 is 6.05. The molecular weight excluding hydrogens is 349 g/mol. The Morgan fingerprint density at radius 1 is 1.17 bits per heavy atom. The van der Waals surface area contributed by atoms with Crippen molar-refractivity contribution in [1.29, 1.82) is 0 Å². The summed E-state index contributed by atoms with van der Waals surface area (Å²) in [4.78, 5) is 11.8. The van der Waals surface area contributed by atoms with Crippen LogP contribution in [0.15, 0.2) is 24.3 Å². The van der Waals surface area contributed by atoms with E-state index in [9.17, 15) is 9.90 Å². The van der Waals surface area contributed by atoms with Gasteiger partial charge in [0.2, 0.25) is 0 Å². The Morgan fingerprint density at radius 3 is 2.62 bits per heavy atom. The Hall–Kier alpha value is -1.91. The van der Waals surface area contributed by atoms with Crippen molar-refractivity contribution in [3.05, 3.63) is 56.6 Å². The second-order valence-electron chi connectivity index (χ2n) is 6.36. The highest BCUT2D eigenvalue weighted by molar-refractivity contribution is 6.35. The maximum absolute atomic E-state index is 11.8. The van der Waals surface area contributed by atoms with Gasteiger partial charge < -0.3 is 15.2 Å². The molecule has 0 spiro atoms. The van der Waals surface area contributed by atoms with Gasteiger partial charge in [0.15, 0.2) is 6.04 Å². The van der Waals surface area contributed by atoms with Crippen molar-refractivity contribution >= 4 is 34.9 Å². The van der Waals surface area contributed by atoms with Crippen LogP contribution in [0.2, 0.25) is 10.0 Å². The fraction of sp³-hybridized carbons (Fsp3) is 0.278. The minimum atomic E-state index is -0.964. The van der Waals surface area contributed by atoms with Gasteiger partial charge in [0.1, 0.15) is 11.9 Å². The molecule has 0 aliphatic carbocycles. The van der Waals surface area contributed by atoms with Crippen LogP contribution in [0.4, 0.5) is 5.69 Å². The Bertz CT molecular complexity index is 881. The summed E-state index contributed by atoms with van der Waals surface area (Å²) in [5, 5.41) is 13.6. The number of aryl methyl sites for hydroxylation is 2. The summed E-state index contributed by atoms with van der Waals surface area (Å²) in [5.74, 6) is -0.467.